The van der Waals surface area contributed by atoms with Crippen LogP contribution in [0.5, 0.6) is 0 Å². The highest BCUT2D eigenvalue weighted by Gasteiger charge is 2.14. The SMILES string of the molecule is C=Nc1c(/C=C\C)cccc1-c1ccc(-c2nc(-c3ccc4ccccc4c3)nc(-c3ccc4ccccc4c3)n2)cc1. The minimum absolute atomic E-state index is 0.623. The van der Waals surface area contributed by atoms with E-state index in [0.717, 1.165) is 49.8 Å². The Hall–Kier alpha value is -5.74. The normalized spacial score (nSPS) is 11.4. The lowest BCUT2D eigenvalue weighted by Crippen LogP contribution is -2.00. The summed E-state index contributed by atoms with van der Waals surface area (Å²) in [6.45, 7) is 5.83. The third-order valence-electron chi connectivity index (χ3n) is 7.68. The molecule has 0 saturated carbocycles. The van der Waals surface area contributed by atoms with Crippen molar-refractivity contribution in [1.29, 1.82) is 0 Å². The molecule has 4 nitrogen and oxygen atoms in total. The van der Waals surface area contributed by atoms with Crippen LogP contribution in [0.2, 0.25) is 0 Å². The summed E-state index contributed by atoms with van der Waals surface area (Å²) in [5.41, 5.74) is 6.79. The van der Waals surface area contributed by atoms with Gasteiger partial charge in [-0.05, 0) is 52.9 Å². The maximum Gasteiger partial charge on any atom is 0.164 e. The number of aromatic nitrogens is 3. The number of hydrogen-bond acceptors (Lipinski definition) is 4. The quantitative estimate of drug-likeness (QED) is 0.193. The Kier molecular flexibility index (Phi) is 6.86. The molecule has 1 aromatic heterocycles. The Morgan fingerprint density at radius 1 is 0.512 bits per heavy atom. The molecule has 204 valence electrons. The molecule has 7 aromatic rings. The molecule has 0 N–H and O–H groups in total. The first-order valence-corrected chi connectivity index (χ1v) is 14.3. The van der Waals surface area contributed by atoms with Crippen molar-refractivity contribution in [1.82, 2.24) is 15.0 Å². The lowest BCUT2D eigenvalue weighted by atomic mass is 9.98. The summed E-state index contributed by atoms with van der Waals surface area (Å²) in [5, 5.41) is 4.64. The molecule has 0 atom stereocenters. The van der Waals surface area contributed by atoms with E-state index in [0.29, 0.717) is 17.5 Å². The van der Waals surface area contributed by atoms with E-state index in [1.807, 2.05) is 19.1 Å². The van der Waals surface area contributed by atoms with Crippen LogP contribution in [0.15, 0.2) is 138 Å². The van der Waals surface area contributed by atoms with Gasteiger partial charge in [-0.3, -0.25) is 4.99 Å². The second-order valence-electron chi connectivity index (χ2n) is 10.4. The van der Waals surface area contributed by atoms with Crippen molar-refractivity contribution in [2.75, 3.05) is 0 Å². The molecule has 43 heavy (non-hydrogen) atoms. The van der Waals surface area contributed by atoms with Gasteiger partial charge in [0.25, 0.3) is 0 Å². The molecule has 0 saturated heterocycles. The monoisotopic (exact) mass is 552 g/mol. The Morgan fingerprint density at radius 2 is 1.00 bits per heavy atom. The highest BCUT2D eigenvalue weighted by atomic mass is 15.0. The zero-order valence-corrected chi connectivity index (χ0v) is 23.8. The van der Waals surface area contributed by atoms with Crippen LogP contribution >= 0.6 is 0 Å². The van der Waals surface area contributed by atoms with Crippen molar-refractivity contribution in [3.8, 4) is 45.3 Å². The molecule has 0 amide bonds. The van der Waals surface area contributed by atoms with Gasteiger partial charge >= 0.3 is 0 Å². The van der Waals surface area contributed by atoms with Gasteiger partial charge in [0.2, 0.25) is 0 Å². The molecule has 0 aliphatic heterocycles. The predicted octanol–water partition coefficient (Wildman–Crippen LogP) is 10.2. The summed E-state index contributed by atoms with van der Waals surface area (Å²) in [4.78, 5) is 19.3. The average molecular weight is 553 g/mol. The zero-order valence-electron chi connectivity index (χ0n) is 23.8. The maximum atomic E-state index is 4.98. The van der Waals surface area contributed by atoms with Gasteiger partial charge < -0.3 is 0 Å². The number of benzene rings is 6. The molecule has 6 aromatic carbocycles. The van der Waals surface area contributed by atoms with Gasteiger partial charge in [0, 0.05) is 27.8 Å². The third-order valence-corrected chi connectivity index (χ3v) is 7.68. The van der Waals surface area contributed by atoms with E-state index >= 15 is 0 Å². The third kappa shape index (κ3) is 5.11. The molecule has 0 radical (unpaired) electrons. The highest BCUT2D eigenvalue weighted by molar-refractivity contribution is 5.89. The van der Waals surface area contributed by atoms with Crippen LogP contribution in [0.1, 0.15) is 12.5 Å². The molecular formula is C39H28N4. The Bertz CT molecular complexity index is 2060. The molecule has 0 aliphatic rings. The van der Waals surface area contributed by atoms with Crippen molar-refractivity contribution in [2.24, 2.45) is 4.99 Å². The topological polar surface area (TPSA) is 51.0 Å². The van der Waals surface area contributed by atoms with E-state index < -0.39 is 0 Å². The van der Waals surface area contributed by atoms with Crippen LogP contribution in [0, 0.1) is 0 Å². The minimum Gasteiger partial charge on any atom is -0.263 e. The maximum absolute atomic E-state index is 4.98. The first kappa shape index (κ1) is 26.2. The van der Waals surface area contributed by atoms with Crippen LogP contribution < -0.4 is 0 Å². The van der Waals surface area contributed by atoms with Gasteiger partial charge in [-0.25, -0.2) is 15.0 Å². The summed E-state index contributed by atoms with van der Waals surface area (Å²) in [5.74, 6) is 1.90. The predicted molar refractivity (Wildman–Crippen MR) is 180 cm³/mol. The molecule has 0 bridgehead atoms. The standard InChI is InChI=1S/C39H28N4/c1-3-9-29-14-8-15-35(36(29)40-2)28-18-20-30(21-19-28)37-41-38(33-22-16-26-10-4-6-12-31(26)24-33)43-39(42-37)34-23-17-27-11-5-7-13-32(27)25-34/h3-25H,2H2,1H3/b9-3-. The molecule has 4 heteroatoms. The Labute approximate surface area is 250 Å². The average Bonchev–Trinajstić information content (AvgIpc) is 3.07. The molecule has 1 heterocycles. The number of nitrogens with zero attached hydrogens (tertiary/aromatic N) is 4. The lowest BCUT2D eigenvalue weighted by Gasteiger charge is -2.11. The number of hydrogen-bond donors (Lipinski definition) is 0. The number of allylic oxidation sites excluding steroid dienone is 1. The first-order chi connectivity index (χ1) is 21.2. The molecule has 0 unspecified atom stereocenters. The van der Waals surface area contributed by atoms with Gasteiger partial charge in [0.1, 0.15) is 0 Å². The smallest absolute Gasteiger partial charge is 0.164 e. The Morgan fingerprint density at radius 3 is 1.53 bits per heavy atom. The molecule has 0 fully saturated rings. The second kappa shape index (κ2) is 11.3. The van der Waals surface area contributed by atoms with Gasteiger partial charge in [0.15, 0.2) is 17.5 Å². The number of aliphatic imine (C=N–C) groups is 1. The first-order valence-electron chi connectivity index (χ1n) is 14.3. The summed E-state index contributed by atoms with van der Waals surface area (Å²) >= 11 is 0. The zero-order chi connectivity index (χ0) is 29.2. The fourth-order valence-electron chi connectivity index (χ4n) is 5.50. The number of para-hydroxylation sites is 1. The minimum atomic E-state index is 0.623. The van der Waals surface area contributed by atoms with Crippen molar-refractivity contribution in [3.63, 3.8) is 0 Å². The van der Waals surface area contributed by atoms with Crippen molar-refractivity contribution in [2.45, 2.75) is 6.92 Å². The van der Waals surface area contributed by atoms with E-state index in [2.05, 4.69) is 139 Å². The van der Waals surface area contributed by atoms with Crippen molar-refractivity contribution >= 4 is 40.0 Å². The highest BCUT2D eigenvalue weighted by Crippen LogP contribution is 2.35. The summed E-state index contributed by atoms with van der Waals surface area (Å²) in [7, 11) is 0. The second-order valence-corrected chi connectivity index (χ2v) is 10.4. The summed E-state index contributed by atoms with van der Waals surface area (Å²) < 4.78 is 0. The Balaban J connectivity index is 1.36. The van der Waals surface area contributed by atoms with E-state index in [1.54, 1.807) is 0 Å². The van der Waals surface area contributed by atoms with Gasteiger partial charge in [-0.1, -0.05) is 127 Å². The molecular weight excluding hydrogens is 524 g/mol. The molecule has 7 rings (SSSR count). The van der Waals surface area contributed by atoms with Crippen LogP contribution in [0.25, 0.3) is 72.9 Å². The van der Waals surface area contributed by atoms with E-state index in [4.69, 9.17) is 15.0 Å². The van der Waals surface area contributed by atoms with Gasteiger partial charge in [-0.2, -0.15) is 0 Å². The summed E-state index contributed by atoms with van der Waals surface area (Å²) in [6.07, 6.45) is 4.06. The molecule has 0 spiro atoms. The summed E-state index contributed by atoms with van der Waals surface area (Å²) in [6, 6.07) is 43.8. The van der Waals surface area contributed by atoms with Gasteiger partial charge in [0.05, 0.1) is 5.69 Å². The van der Waals surface area contributed by atoms with E-state index in [1.165, 1.54) is 10.8 Å². The van der Waals surface area contributed by atoms with Crippen LogP contribution in [-0.2, 0) is 0 Å². The van der Waals surface area contributed by atoms with Crippen LogP contribution in [-0.4, -0.2) is 21.7 Å². The number of fused-ring (bicyclic) bond motifs is 2. The number of rotatable bonds is 6. The fraction of sp³-hybridized carbons (Fsp3) is 0.0256. The fourth-order valence-corrected chi connectivity index (χ4v) is 5.50. The van der Waals surface area contributed by atoms with Crippen molar-refractivity contribution < 1.29 is 0 Å². The molecule has 0 aliphatic carbocycles. The van der Waals surface area contributed by atoms with E-state index in [-0.39, 0.29) is 0 Å². The largest absolute Gasteiger partial charge is 0.263 e. The lowest BCUT2D eigenvalue weighted by molar-refractivity contribution is 1.08. The van der Waals surface area contributed by atoms with Gasteiger partial charge in [-0.15, -0.1) is 0 Å². The van der Waals surface area contributed by atoms with Crippen LogP contribution in [0.4, 0.5) is 5.69 Å². The van der Waals surface area contributed by atoms with E-state index in [9.17, 15) is 0 Å². The van der Waals surface area contributed by atoms with Crippen molar-refractivity contribution in [3.05, 3.63) is 139 Å². The van der Waals surface area contributed by atoms with Crippen LogP contribution in [0.3, 0.4) is 0 Å².